The molecule has 1 heterocycles. The third-order valence-electron chi connectivity index (χ3n) is 4.06. The first-order valence-electron chi connectivity index (χ1n) is 8.77. The Hall–Kier alpha value is -3.28. The van der Waals surface area contributed by atoms with Gasteiger partial charge in [-0.15, -0.1) is 0 Å². The molecule has 0 atom stereocenters. The summed E-state index contributed by atoms with van der Waals surface area (Å²) in [5, 5.41) is 3.53. The monoisotopic (exact) mass is 367 g/mol. The number of anilines is 1. The highest BCUT2D eigenvalue weighted by Gasteiger charge is 2.14. The first-order valence-corrected chi connectivity index (χ1v) is 8.77. The highest BCUT2D eigenvalue weighted by Crippen LogP contribution is 2.24. The van der Waals surface area contributed by atoms with E-state index in [1.54, 1.807) is 55.6 Å². The Balaban J connectivity index is 1.66. The molecule has 0 spiro atoms. The number of hydrogen-bond donors (Lipinski definition) is 1. The number of furan rings is 1. The summed E-state index contributed by atoms with van der Waals surface area (Å²) in [4.78, 5) is 24.3. The minimum Gasteiger partial charge on any atom is -0.497 e. The number of fused-ring (bicyclic) bond motifs is 1. The molecule has 0 unspecified atom stereocenters. The van der Waals surface area contributed by atoms with Gasteiger partial charge in [0.25, 0.3) is 5.91 Å². The summed E-state index contributed by atoms with van der Waals surface area (Å²) in [5.74, 6) is 0.147. The van der Waals surface area contributed by atoms with Crippen molar-refractivity contribution in [3.05, 3.63) is 59.9 Å². The van der Waals surface area contributed by atoms with Crippen LogP contribution in [0.4, 0.5) is 5.69 Å². The standard InChI is InChI=1S/C21H21NO5/c1-3-4-11-26-21(24)14-5-7-16(8-6-14)22-20(23)19-13-15-12-17(25-2)9-10-18(15)27-19/h5-10,12-13H,3-4,11H2,1-2H3,(H,22,23). The van der Waals surface area contributed by atoms with Gasteiger partial charge in [0, 0.05) is 11.1 Å². The lowest BCUT2D eigenvalue weighted by molar-refractivity contribution is 0.0499. The van der Waals surface area contributed by atoms with E-state index in [4.69, 9.17) is 13.9 Å². The lowest BCUT2D eigenvalue weighted by atomic mass is 10.2. The molecule has 1 amide bonds. The normalized spacial score (nSPS) is 10.6. The first kappa shape index (κ1) is 18.5. The zero-order valence-electron chi connectivity index (χ0n) is 15.3. The van der Waals surface area contributed by atoms with Crippen molar-refractivity contribution in [1.82, 2.24) is 0 Å². The summed E-state index contributed by atoms with van der Waals surface area (Å²) in [6, 6.07) is 13.5. The molecule has 6 nitrogen and oxygen atoms in total. The minimum atomic E-state index is -0.372. The van der Waals surface area contributed by atoms with Crippen molar-refractivity contribution in [1.29, 1.82) is 0 Å². The molecule has 2 aromatic carbocycles. The van der Waals surface area contributed by atoms with E-state index in [1.165, 1.54) is 0 Å². The summed E-state index contributed by atoms with van der Waals surface area (Å²) >= 11 is 0. The second-order valence-corrected chi connectivity index (χ2v) is 6.04. The Morgan fingerprint density at radius 1 is 1.07 bits per heavy atom. The Bertz CT molecular complexity index is 943. The van der Waals surface area contributed by atoms with Crippen molar-refractivity contribution in [2.24, 2.45) is 0 Å². The fourth-order valence-electron chi connectivity index (χ4n) is 2.54. The second-order valence-electron chi connectivity index (χ2n) is 6.04. The molecule has 3 aromatic rings. The average Bonchev–Trinajstić information content (AvgIpc) is 3.12. The summed E-state index contributed by atoms with van der Waals surface area (Å²) in [7, 11) is 1.58. The highest BCUT2D eigenvalue weighted by atomic mass is 16.5. The van der Waals surface area contributed by atoms with Crippen LogP contribution in [0.5, 0.6) is 5.75 Å². The number of carbonyl (C=O) groups excluding carboxylic acids is 2. The number of benzene rings is 2. The van der Waals surface area contributed by atoms with Crippen LogP contribution in [0.25, 0.3) is 11.0 Å². The molecule has 0 aliphatic carbocycles. The minimum absolute atomic E-state index is 0.196. The number of methoxy groups -OCH3 is 1. The number of unbranched alkanes of at least 4 members (excludes halogenated alkanes) is 1. The highest BCUT2D eigenvalue weighted by molar-refractivity contribution is 6.05. The molecule has 0 saturated carbocycles. The number of ether oxygens (including phenoxy) is 2. The lowest BCUT2D eigenvalue weighted by Gasteiger charge is -2.06. The second kappa shape index (κ2) is 8.40. The largest absolute Gasteiger partial charge is 0.497 e. The van der Waals surface area contributed by atoms with Crippen LogP contribution in [-0.2, 0) is 4.74 Å². The van der Waals surface area contributed by atoms with E-state index in [0.717, 1.165) is 18.2 Å². The van der Waals surface area contributed by atoms with Crippen LogP contribution in [0.3, 0.4) is 0 Å². The maximum atomic E-state index is 12.4. The van der Waals surface area contributed by atoms with Crippen LogP contribution in [0.1, 0.15) is 40.7 Å². The van der Waals surface area contributed by atoms with Crippen molar-refractivity contribution in [2.75, 3.05) is 19.0 Å². The third kappa shape index (κ3) is 4.47. The molecular formula is C21H21NO5. The Labute approximate surface area is 157 Å². The predicted octanol–water partition coefficient (Wildman–Crippen LogP) is 4.65. The summed E-state index contributed by atoms with van der Waals surface area (Å²) in [5.41, 5.74) is 1.61. The average molecular weight is 367 g/mol. The smallest absolute Gasteiger partial charge is 0.338 e. The van der Waals surface area contributed by atoms with Crippen molar-refractivity contribution in [2.45, 2.75) is 19.8 Å². The number of carbonyl (C=O) groups is 2. The van der Waals surface area contributed by atoms with Gasteiger partial charge in [-0.1, -0.05) is 13.3 Å². The third-order valence-corrected chi connectivity index (χ3v) is 4.06. The number of esters is 1. The first-order chi connectivity index (χ1) is 13.1. The Kier molecular flexibility index (Phi) is 5.76. The molecule has 0 bridgehead atoms. The molecule has 1 N–H and O–H groups in total. The van der Waals surface area contributed by atoms with E-state index in [1.807, 2.05) is 6.92 Å². The zero-order valence-corrected chi connectivity index (χ0v) is 15.3. The van der Waals surface area contributed by atoms with Crippen LogP contribution in [0.2, 0.25) is 0 Å². The topological polar surface area (TPSA) is 77.8 Å². The van der Waals surface area contributed by atoms with E-state index < -0.39 is 0 Å². The summed E-state index contributed by atoms with van der Waals surface area (Å²) in [6.45, 7) is 2.44. The lowest BCUT2D eigenvalue weighted by Crippen LogP contribution is -2.11. The van der Waals surface area contributed by atoms with Gasteiger partial charge in [-0.2, -0.15) is 0 Å². The zero-order chi connectivity index (χ0) is 19.2. The van der Waals surface area contributed by atoms with Crippen LogP contribution >= 0.6 is 0 Å². The molecule has 0 saturated heterocycles. The van der Waals surface area contributed by atoms with Gasteiger partial charge >= 0.3 is 5.97 Å². The van der Waals surface area contributed by atoms with Crippen LogP contribution in [0, 0.1) is 0 Å². The maximum absolute atomic E-state index is 12.4. The van der Waals surface area contributed by atoms with E-state index in [9.17, 15) is 9.59 Å². The van der Waals surface area contributed by atoms with E-state index in [-0.39, 0.29) is 17.6 Å². The fourth-order valence-corrected chi connectivity index (χ4v) is 2.54. The van der Waals surface area contributed by atoms with Gasteiger partial charge in [0.05, 0.1) is 19.3 Å². The number of hydrogen-bond acceptors (Lipinski definition) is 5. The van der Waals surface area contributed by atoms with E-state index in [2.05, 4.69) is 5.32 Å². The SMILES string of the molecule is CCCCOC(=O)c1ccc(NC(=O)c2cc3cc(OC)ccc3o2)cc1. The van der Waals surface area contributed by atoms with Gasteiger partial charge in [0.15, 0.2) is 5.76 Å². The van der Waals surface area contributed by atoms with Gasteiger partial charge in [-0.05, 0) is 55.0 Å². The Morgan fingerprint density at radius 2 is 1.85 bits per heavy atom. The van der Waals surface area contributed by atoms with E-state index in [0.29, 0.717) is 29.2 Å². The van der Waals surface area contributed by atoms with Crippen molar-refractivity contribution < 1.29 is 23.5 Å². The Morgan fingerprint density at radius 3 is 2.56 bits per heavy atom. The molecule has 0 aliphatic heterocycles. The van der Waals surface area contributed by atoms with Gasteiger partial charge in [-0.25, -0.2) is 4.79 Å². The molecule has 0 radical (unpaired) electrons. The molecule has 3 rings (SSSR count). The molecule has 27 heavy (non-hydrogen) atoms. The molecule has 140 valence electrons. The molecule has 1 aromatic heterocycles. The molecular weight excluding hydrogens is 346 g/mol. The number of amides is 1. The maximum Gasteiger partial charge on any atom is 0.338 e. The fraction of sp³-hybridized carbons (Fsp3) is 0.238. The van der Waals surface area contributed by atoms with Crippen molar-refractivity contribution in [3.63, 3.8) is 0 Å². The number of nitrogens with one attached hydrogen (secondary N) is 1. The predicted molar refractivity (Wildman–Crippen MR) is 102 cm³/mol. The van der Waals surface area contributed by atoms with Crippen LogP contribution in [-0.4, -0.2) is 25.6 Å². The van der Waals surface area contributed by atoms with Crippen molar-refractivity contribution >= 4 is 28.5 Å². The van der Waals surface area contributed by atoms with Gasteiger partial charge in [-0.3, -0.25) is 4.79 Å². The number of rotatable bonds is 7. The van der Waals surface area contributed by atoms with E-state index >= 15 is 0 Å². The summed E-state index contributed by atoms with van der Waals surface area (Å²) < 4.78 is 15.9. The van der Waals surface area contributed by atoms with Gasteiger partial charge in [0.1, 0.15) is 11.3 Å². The molecule has 0 aliphatic rings. The summed E-state index contributed by atoms with van der Waals surface area (Å²) in [6.07, 6.45) is 1.80. The van der Waals surface area contributed by atoms with Crippen LogP contribution in [0.15, 0.2) is 52.9 Å². The van der Waals surface area contributed by atoms with Gasteiger partial charge < -0.3 is 19.2 Å². The molecule has 6 heteroatoms. The molecule has 0 fully saturated rings. The quantitative estimate of drug-likeness (QED) is 0.486. The van der Waals surface area contributed by atoms with Gasteiger partial charge in [0.2, 0.25) is 0 Å². The van der Waals surface area contributed by atoms with Crippen molar-refractivity contribution in [3.8, 4) is 5.75 Å². The van der Waals surface area contributed by atoms with Crippen LogP contribution < -0.4 is 10.1 Å².